The van der Waals surface area contributed by atoms with Gasteiger partial charge in [0.05, 0.1) is 18.5 Å². The first kappa shape index (κ1) is 11.4. The summed E-state index contributed by atoms with van der Waals surface area (Å²) in [7, 11) is 1.72. The SMILES string of the molecule is CN(Cc1ccco1)c1c(F)cccc1C=O. The monoisotopic (exact) mass is 233 g/mol. The van der Waals surface area contributed by atoms with Gasteiger partial charge < -0.3 is 9.32 Å². The first-order valence-corrected chi connectivity index (χ1v) is 5.19. The minimum Gasteiger partial charge on any atom is -0.467 e. The molecule has 2 aromatic rings. The third-order valence-electron chi connectivity index (χ3n) is 2.50. The minimum atomic E-state index is -0.413. The number of carbonyl (C=O) groups is 1. The van der Waals surface area contributed by atoms with E-state index in [1.165, 1.54) is 12.1 Å². The van der Waals surface area contributed by atoms with Crippen LogP contribution in [0.25, 0.3) is 0 Å². The lowest BCUT2D eigenvalue weighted by atomic mass is 10.1. The third kappa shape index (κ3) is 2.36. The second-order valence-electron chi connectivity index (χ2n) is 3.73. The maximum atomic E-state index is 13.7. The van der Waals surface area contributed by atoms with Crippen molar-refractivity contribution in [1.82, 2.24) is 0 Å². The summed E-state index contributed by atoms with van der Waals surface area (Å²) in [5.41, 5.74) is 0.623. The van der Waals surface area contributed by atoms with E-state index in [4.69, 9.17) is 4.42 Å². The molecule has 0 fully saturated rings. The highest BCUT2D eigenvalue weighted by Crippen LogP contribution is 2.23. The predicted molar refractivity (Wildman–Crippen MR) is 62.6 cm³/mol. The van der Waals surface area contributed by atoms with Crippen LogP contribution in [0.15, 0.2) is 41.0 Å². The second-order valence-corrected chi connectivity index (χ2v) is 3.73. The summed E-state index contributed by atoms with van der Waals surface area (Å²) in [5.74, 6) is 0.302. The summed E-state index contributed by atoms with van der Waals surface area (Å²) in [4.78, 5) is 12.5. The van der Waals surface area contributed by atoms with Crippen LogP contribution in [0.1, 0.15) is 16.1 Å². The van der Waals surface area contributed by atoms with Gasteiger partial charge in [-0.15, -0.1) is 0 Å². The highest BCUT2D eigenvalue weighted by Gasteiger charge is 2.13. The quantitative estimate of drug-likeness (QED) is 0.761. The number of aldehydes is 1. The van der Waals surface area contributed by atoms with E-state index >= 15 is 0 Å². The molecule has 0 N–H and O–H groups in total. The molecule has 0 aliphatic carbocycles. The lowest BCUT2D eigenvalue weighted by Gasteiger charge is -2.20. The van der Waals surface area contributed by atoms with E-state index in [9.17, 15) is 9.18 Å². The summed E-state index contributed by atoms with van der Waals surface area (Å²) in [6.07, 6.45) is 2.21. The topological polar surface area (TPSA) is 33.5 Å². The largest absolute Gasteiger partial charge is 0.467 e. The number of halogens is 1. The van der Waals surface area contributed by atoms with Crippen LogP contribution in [0.3, 0.4) is 0 Å². The molecule has 0 spiro atoms. The summed E-state index contributed by atoms with van der Waals surface area (Å²) in [6, 6.07) is 8.01. The van der Waals surface area contributed by atoms with Gasteiger partial charge in [0.15, 0.2) is 6.29 Å². The maximum absolute atomic E-state index is 13.7. The normalized spacial score (nSPS) is 10.2. The molecule has 3 nitrogen and oxygen atoms in total. The molecule has 4 heteroatoms. The summed E-state index contributed by atoms with van der Waals surface area (Å²) in [6.45, 7) is 0.411. The zero-order valence-corrected chi connectivity index (χ0v) is 9.39. The molecule has 0 aliphatic rings. The van der Waals surface area contributed by atoms with Crippen LogP contribution >= 0.6 is 0 Å². The molecule has 2 rings (SSSR count). The predicted octanol–water partition coefficient (Wildman–Crippen LogP) is 2.87. The third-order valence-corrected chi connectivity index (χ3v) is 2.50. The average molecular weight is 233 g/mol. The molecule has 0 unspecified atom stereocenters. The zero-order chi connectivity index (χ0) is 12.3. The fourth-order valence-corrected chi connectivity index (χ4v) is 1.75. The van der Waals surface area contributed by atoms with Crippen molar-refractivity contribution in [3.05, 3.63) is 53.7 Å². The highest BCUT2D eigenvalue weighted by atomic mass is 19.1. The fourth-order valence-electron chi connectivity index (χ4n) is 1.75. The van der Waals surface area contributed by atoms with Crippen LogP contribution < -0.4 is 4.90 Å². The van der Waals surface area contributed by atoms with E-state index in [1.807, 2.05) is 0 Å². The Labute approximate surface area is 98.5 Å². The van der Waals surface area contributed by atoms with Gasteiger partial charge in [0.2, 0.25) is 0 Å². The summed E-state index contributed by atoms with van der Waals surface area (Å²) >= 11 is 0. The van der Waals surface area contributed by atoms with Gasteiger partial charge in [0.25, 0.3) is 0 Å². The Morgan fingerprint density at radius 1 is 1.35 bits per heavy atom. The van der Waals surface area contributed by atoms with E-state index in [2.05, 4.69) is 0 Å². The highest BCUT2D eigenvalue weighted by molar-refractivity contribution is 5.84. The first-order chi connectivity index (χ1) is 8.22. The molecule has 0 radical (unpaired) electrons. The van der Waals surface area contributed by atoms with Crippen molar-refractivity contribution in [2.75, 3.05) is 11.9 Å². The summed E-state index contributed by atoms with van der Waals surface area (Å²) < 4.78 is 18.9. The number of furan rings is 1. The van der Waals surface area contributed by atoms with E-state index < -0.39 is 5.82 Å². The van der Waals surface area contributed by atoms with Gasteiger partial charge in [-0.25, -0.2) is 4.39 Å². The van der Waals surface area contributed by atoms with Gasteiger partial charge in [0.1, 0.15) is 11.6 Å². The Hall–Kier alpha value is -2.10. The van der Waals surface area contributed by atoms with Gasteiger partial charge in [-0.2, -0.15) is 0 Å². The minimum absolute atomic E-state index is 0.291. The molecule has 1 aromatic heterocycles. The van der Waals surface area contributed by atoms with Crippen LogP contribution in [0.5, 0.6) is 0 Å². The van der Waals surface area contributed by atoms with Crippen molar-refractivity contribution in [2.24, 2.45) is 0 Å². The lowest BCUT2D eigenvalue weighted by Crippen LogP contribution is -2.19. The number of nitrogens with zero attached hydrogens (tertiary/aromatic N) is 1. The van der Waals surface area contributed by atoms with Crippen LogP contribution in [0.4, 0.5) is 10.1 Å². The standard InChI is InChI=1S/C13H12FNO2/c1-15(8-11-5-3-7-17-11)13-10(9-16)4-2-6-12(13)14/h2-7,9H,8H2,1H3. The van der Waals surface area contributed by atoms with Crippen molar-refractivity contribution in [3.63, 3.8) is 0 Å². The smallest absolute Gasteiger partial charge is 0.152 e. The fraction of sp³-hybridized carbons (Fsp3) is 0.154. The number of para-hydroxylation sites is 1. The summed E-state index contributed by atoms with van der Waals surface area (Å²) in [5, 5.41) is 0. The zero-order valence-electron chi connectivity index (χ0n) is 9.39. The van der Waals surface area contributed by atoms with Gasteiger partial charge in [-0.1, -0.05) is 6.07 Å². The van der Waals surface area contributed by atoms with E-state index in [0.717, 1.165) is 0 Å². The average Bonchev–Trinajstić information content (AvgIpc) is 2.81. The molecule has 1 heterocycles. The van der Waals surface area contributed by atoms with Crippen molar-refractivity contribution in [3.8, 4) is 0 Å². The van der Waals surface area contributed by atoms with Crippen molar-refractivity contribution >= 4 is 12.0 Å². The molecule has 0 amide bonds. The molecular formula is C13H12FNO2. The van der Waals surface area contributed by atoms with Gasteiger partial charge in [-0.05, 0) is 24.3 Å². The number of benzene rings is 1. The van der Waals surface area contributed by atoms with Crippen LogP contribution in [-0.4, -0.2) is 13.3 Å². The molecule has 17 heavy (non-hydrogen) atoms. The van der Waals surface area contributed by atoms with Crippen LogP contribution in [-0.2, 0) is 6.54 Å². The van der Waals surface area contributed by atoms with Crippen molar-refractivity contribution in [2.45, 2.75) is 6.54 Å². The van der Waals surface area contributed by atoms with Crippen molar-refractivity contribution < 1.29 is 13.6 Å². The van der Waals surface area contributed by atoms with Crippen LogP contribution in [0.2, 0.25) is 0 Å². The Kier molecular flexibility index (Phi) is 3.23. The van der Waals surface area contributed by atoms with Crippen molar-refractivity contribution in [1.29, 1.82) is 0 Å². The van der Waals surface area contributed by atoms with Crippen LogP contribution in [0, 0.1) is 5.82 Å². The van der Waals surface area contributed by atoms with E-state index in [-0.39, 0.29) is 0 Å². The Balaban J connectivity index is 2.30. The number of hydrogen-bond donors (Lipinski definition) is 0. The Bertz CT molecular complexity index is 508. The number of hydrogen-bond acceptors (Lipinski definition) is 3. The Morgan fingerprint density at radius 2 is 2.18 bits per heavy atom. The molecule has 0 aliphatic heterocycles. The molecule has 0 saturated heterocycles. The molecule has 1 aromatic carbocycles. The molecular weight excluding hydrogens is 221 g/mol. The van der Waals surface area contributed by atoms with Gasteiger partial charge in [0, 0.05) is 12.6 Å². The van der Waals surface area contributed by atoms with Gasteiger partial charge in [-0.3, -0.25) is 4.79 Å². The lowest BCUT2D eigenvalue weighted by molar-refractivity contribution is 0.112. The maximum Gasteiger partial charge on any atom is 0.152 e. The molecule has 88 valence electrons. The number of anilines is 1. The molecule has 0 atom stereocenters. The molecule has 0 saturated carbocycles. The number of carbonyl (C=O) groups excluding carboxylic acids is 1. The second kappa shape index (κ2) is 4.82. The first-order valence-electron chi connectivity index (χ1n) is 5.19. The molecule has 0 bridgehead atoms. The number of rotatable bonds is 4. The van der Waals surface area contributed by atoms with Gasteiger partial charge >= 0.3 is 0 Å². The van der Waals surface area contributed by atoms with E-state index in [0.29, 0.717) is 29.8 Å². The van der Waals surface area contributed by atoms with E-state index in [1.54, 1.807) is 36.4 Å². The Morgan fingerprint density at radius 3 is 2.82 bits per heavy atom.